The van der Waals surface area contributed by atoms with Crippen molar-refractivity contribution in [3.8, 4) is 0 Å². The summed E-state index contributed by atoms with van der Waals surface area (Å²) in [5.74, 6) is -1.13. The third-order valence-corrected chi connectivity index (χ3v) is 2.79. The summed E-state index contributed by atoms with van der Waals surface area (Å²) in [6.45, 7) is 4.50. The van der Waals surface area contributed by atoms with E-state index in [4.69, 9.17) is 5.73 Å². The standard InChI is InChI=1S/C15H19FN2O2/c1-4-10(9-18-5-2)14(17)11-6-12(15(19)20-3)8-13(16)7-11/h6-9H,4-5,17H2,1-3H3. The Morgan fingerprint density at radius 3 is 2.55 bits per heavy atom. The molecule has 0 aliphatic carbocycles. The summed E-state index contributed by atoms with van der Waals surface area (Å²) in [5, 5.41) is 0. The summed E-state index contributed by atoms with van der Waals surface area (Å²) in [6.07, 6.45) is 2.34. The second kappa shape index (κ2) is 7.43. The minimum atomic E-state index is -0.598. The number of rotatable bonds is 5. The number of methoxy groups -OCH3 is 1. The van der Waals surface area contributed by atoms with Crippen molar-refractivity contribution in [2.75, 3.05) is 13.7 Å². The van der Waals surface area contributed by atoms with Crippen molar-refractivity contribution in [1.29, 1.82) is 0 Å². The number of ether oxygens (including phenoxy) is 1. The van der Waals surface area contributed by atoms with Gasteiger partial charge in [-0.1, -0.05) is 6.92 Å². The molecular weight excluding hydrogens is 259 g/mol. The molecule has 0 saturated heterocycles. The monoisotopic (exact) mass is 278 g/mol. The lowest BCUT2D eigenvalue weighted by Crippen LogP contribution is -2.07. The first kappa shape index (κ1) is 15.9. The van der Waals surface area contributed by atoms with E-state index >= 15 is 0 Å². The molecule has 0 saturated carbocycles. The van der Waals surface area contributed by atoms with Crippen LogP contribution < -0.4 is 5.73 Å². The third-order valence-electron chi connectivity index (χ3n) is 2.79. The summed E-state index contributed by atoms with van der Waals surface area (Å²) < 4.78 is 18.2. The lowest BCUT2D eigenvalue weighted by atomic mass is 10.0. The van der Waals surface area contributed by atoms with Crippen molar-refractivity contribution >= 4 is 17.9 Å². The lowest BCUT2D eigenvalue weighted by molar-refractivity contribution is 0.0600. The molecule has 0 fully saturated rings. The van der Waals surface area contributed by atoms with Gasteiger partial charge in [-0.2, -0.15) is 0 Å². The van der Waals surface area contributed by atoms with Crippen LogP contribution in [0.4, 0.5) is 4.39 Å². The highest BCUT2D eigenvalue weighted by atomic mass is 19.1. The van der Waals surface area contributed by atoms with Crippen molar-refractivity contribution in [3.63, 3.8) is 0 Å². The number of halogens is 1. The molecule has 0 aromatic heterocycles. The van der Waals surface area contributed by atoms with E-state index < -0.39 is 11.8 Å². The smallest absolute Gasteiger partial charge is 0.337 e. The number of esters is 1. The van der Waals surface area contributed by atoms with Gasteiger partial charge in [0.2, 0.25) is 0 Å². The normalized spacial score (nSPS) is 12.4. The summed E-state index contributed by atoms with van der Waals surface area (Å²) in [4.78, 5) is 15.6. The Bertz CT molecular complexity index is 551. The van der Waals surface area contributed by atoms with Crippen LogP contribution in [0.5, 0.6) is 0 Å². The average Bonchev–Trinajstić information content (AvgIpc) is 2.46. The van der Waals surface area contributed by atoms with E-state index in [0.29, 0.717) is 24.2 Å². The molecule has 0 amide bonds. The topological polar surface area (TPSA) is 64.7 Å². The highest BCUT2D eigenvalue weighted by molar-refractivity contribution is 5.93. The van der Waals surface area contributed by atoms with Crippen LogP contribution in [0.2, 0.25) is 0 Å². The molecule has 0 spiro atoms. The summed E-state index contributed by atoms with van der Waals surface area (Å²) in [6, 6.07) is 3.92. The number of hydrogen-bond acceptors (Lipinski definition) is 4. The van der Waals surface area contributed by atoms with E-state index in [2.05, 4.69) is 9.73 Å². The molecule has 0 unspecified atom stereocenters. The van der Waals surface area contributed by atoms with Crippen LogP contribution in [-0.4, -0.2) is 25.8 Å². The number of hydrogen-bond donors (Lipinski definition) is 1. The molecule has 1 aromatic carbocycles. The molecule has 2 N–H and O–H groups in total. The summed E-state index contributed by atoms with van der Waals surface area (Å²) >= 11 is 0. The van der Waals surface area contributed by atoms with Crippen LogP contribution in [0.15, 0.2) is 28.8 Å². The number of aliphatic imine (C=N–C) groups is 1. The summed E-state index contributed by atoms with van der Waals surface area (Å²) in [5.41, 5.74) is 7.83. The van der Waals surface area contributed by atoms with Crippen molar-refractivity contribution in [2.45, 2.75) is 20.3 Å². The molecule has 0 aliphatic rings. The third kappa shape index (κ3) is 3.91. The van der Waals surface area contributed by atoms with E-state index in [9.17, 15) is 9.18 Å². The molecule has 1 aromatic rings. The van der Waals surface area contributed by atoms with Crippen molar-refractivity contribution in [2.24, 2.45) is 10.7 Å². The first-order valence-electron chi connectivity index (χ1n) is 6.41. The van der Waals surface area contributed by atoms with Crippen LogP contribution in [0.25, 0.3) is 5.70 Å². The maximum atomic E-state index is 13.6. The molecule has 108 valence electrons. The van der Waals surface area contributed by atoms with Gasteiger partial charge in [0.15, 0.2) is 0 Å². The Labute approximate surface area is 118 Å². The zero-order valence-electron chi connectivity index (χ0n) is 11.9. The van der Waals surface area contributed by atoms with Crippen molar-refractivity contribution in [3.05, 3.63) is 40.7 Å². The molecule has 0 radical (unpaired) electrons. The number of nitrogens with zero attached hydrogens (tertiary/aromatic N) is 1. The maximum Gasteiger partial charge on any atom is 0.337 e. The first-order chi connectivity index (χ1) is 9.53. The Morgan fingerprint density at radius 1 is 1.35 bits per heavy atom. The van der Waals surface area contributed by atoms with Gasteiger partial charge in [-0.25, -0.2) is 9.18 Å². The number of carbonyl (C=O) groups excluding carboxylic acids is 1. The van der Waals surface area contributed by atoms with Gasteiger partial charge < -0.3 is 10.5 Å². The predicted molar refractivity (Wildman–Crippen MR) is 78.2 cm³/mol. The van der Waals surface area contributed by atoms with Gasteiger partial charge in [0, 0.05) is 24.0 Å². The van der Waals surface area contributed by atoms with E-state index in [1.165, 1.54) is 19.2 Å². The van der Waals surface area contributed by atoms with Crippen LogP contribution in [-0.2, 0) is 4.74 Å². The molecule has 20 heavy (non-hydrogen) atoms. The molecule has 5 heteroatoms. The molecule has 0 aliphatic heterocycles. The Morgan fingerprint density at radius 2 is 2.00 bits per heavy atom. The first-order valence-corrected chi connectivity index (χ1v) is 6.41. The Kier molecular flexibility index (Phi) is 5.90. The number of nitrogens with two attached hydrogens (primary N) is 1. The van der Waals surface area contributed by atoms with E-state index in [-0.39, 0.29) is 5.56 Å². The molecule has 0 heterocycles. The van der Waals surface area contributed by atoms with Gasteiger partial charge in [0.05, 0.1) is 12.7 Å². The number of benzene rings is 1. The zero-order chi connectivity index (χ0) is 15.1. The SMILES string of the molecule is CCN=CC(CC)=C(N)c1cc(F)cc(C(=O)OC)c1. The van der Waals surface area contributed by atoms with Gasteiger partial charge in [0.25, 0.3) is 0 Å². The minimum absolute atomic E-state index is 0.133. The largest absolute Gasteiger partial charge is 0.465 e. The zero-order valence-corrected chi connectivity index (χ0v) is 11.9. The fourth-order valence-corrected chi connectivity index (χ4v) is 1.72. The maximum absolute atomic E-state index is 13.6. The molecule has 1 rings (SSSR count). The highest BCUT2D eigenvalue weighted by Crippen LogP contribution is 2.19. The molecule has 0 atom stereocenters. The number of carbonyl (C=O) groups is 1. The Hall–Kier alpha value is -2.17. The van der Waals surface area contributed by atoms with E-state index in [1.54, 1.807) is 6.21 Å². The molecular formula is C15H19FN2O2. The van der Waals surface area contributed by atoms with E-state index in [0.717, 1.165) is 11.6 Å². The lowest BCUT2D eigenvalue weighted by Gasteiger charge is -2.09. The molecule has 0 bridgehead atoms. The second-order valence-electron chi connectivity index (χ2n) is 4.14. The number of allylic oxidation sites excluding steroid dienone is 1. The van der Waals surface area contributed by atoms with Crippen LogP contribution in [0.3, 0.4) is 0 Å². The fraction of sp³-hybridized carbons (Fsp3) is 0.333. The van der Waals surface area contributed by atoms with E-state index in [1.807, 2.05) is 13.8 Å². The van der Waals surface area contributed by atoms with Crippen LogP contribution in [0, 0.1) is 5.82 Å². The van der Waals surface area contributed by atoms with Gasteiger partial charge in [0.1, 0.15) is 5.82 Å². The van der Waals surface area contributed by atoms with Crippen molar-refractivity contribution < 1.29 is 13.9 Å². The van der Waals surface area contributed by atoms with Gasteiger partial charge in [-0.05, 0) is 37.1 Å². The Balaban J connectivity index is 3.30. The van der Waals surface area contributed by atoms with Gasteiger partial charge >= 0.3 is 5.97 Å². The highest BCUT2D eigenvalue weighted by Gasteiger charge is 2.11. The fourth-order valence-electron chi connectivity index (χ4n) is 1.72. The minimum Gasteiger partial charge on any atom is -0.465 e. The predicted octanol–water partition coefficient (Wildman–Crippen LogP) is 2.78. The second-order valence-corrected chi connectivity index (χ2v) is 4.14. The van der Waals surface area contributed by atoms with Crippen LogP contribution >= 0.6 is 0 Å². The van der Waals surface area contributed by atoms with Crippen molar-refractivity contribution in [1.82, 2.24) is 0 Å². The molecule has 4 nitrogen and oxygen atoms in total. The average molecular weight is 278 g/mol. The van der Waals surface area contributed by atoms with Crippen LogP contribution in [0.1, 0.15) is 36.2 Å². The van der Waals surface area contributed by atoms with Gasteiger partial charge in [-0.15, -0.1) is 0 Å². The summed E-state index contributed by atoms with van der Waals surface area (Å²) in [7, 11) is 1.25. The quantitative estimate of drug-likeness (QED) is 0.665. The van der Waals surface area contributed by atoms with Gasteiger partial charge in [-0.3, -0.25) is 4.99 Å².